The van der Waals surface area contributed by atoms with Crippen LogP contribution in [0, 0.1) is 0 Å². The Bertz CT molecular complexity index is 1080. The monoisotopic (exact) mass is 390 g/mol. The Hall–Kier alpha value is -1.63. The summed E-state index contributed by atoms with van der Waals surface area (Å²) in [5.74, 6) is -1.45. The molecule has 0 atom stereocenters. The minimum Gasteiger partial charge on any atom is -0.545 e. The van der Waals surface area contributed by atoms with Gasteiger partial charge in [0.15, 0.2) is 0 Å². The number of halogens is 1. The summed E-state index contributed by atoms with van der Waals surface area (Å²) in [6, 6.07) is 12.7. The maximum atomic E-state index is 12.3. The average Bonchev–Trinajstić information content (AvgIpc) is 2.64. The van der Waals surface area contributed by atoms with Gasteiger partial charge in [0.25, 0.3) is 5.56 Å². The van der Waals surface area contributed by atoms with E-state index < -0.39 is 11.5 Å². The first-order valence-electron chi connectivity index (χ1n) is 8.37. The standard InChI is InChI=1S/C20H17ClN2O3.Na/c21-16-5-4-14-11-22(8-6-13(14)9-16)12-15-10-17(20(25)26)19(24)23-7-2-1-3-18(15)23;/h1-5,7,9-10H,6,8,11-12H2,(H,25,26);/q;+1/p-1. The van der Waals surface area contributed by atoms with Crippen LogP contribution in [0.5, 0.6) is 0 Å². The Morgan fingerprint density at radius 1 is 1.15 bits per heavy atom. The second kappa shape index (κ2) is 8.17. The molecule has 0 spiro atoms. The summed E-state index contributed by atoms with van der Waals surface area (Å²) < 4.78 is 1.37. The van der Waals surface area contributed by atoms with Gasteiger partial charge >= 0.3 is 29.6 Å². The molecule has 0 saturated carbocycles. The van der Waals surface area contributed by atoms with E-state index >= 15 is 0 Å². The van der Waals surface area contributed by atoms with E-state index in [0.717, 1.165) is 30.1 Å². The molecule has 1 aliphatic heterocycles. The number of aromatic carboxylic acids is 1. The van der Waals surface area contributed by atoms with Crippen molar-refractivity contribution in [3.8, 4) is 0 Å². The van der Waals surface area contributed by atoms with Gasteiger partial charge in [0.1, 0.15) is 0 Å². The van der Waals surface area contributed by atoms with Crippen LogP contribution in [0.1, 0.15) is 27.0 Å². The van der Waals surface area contributed by atoms with Gasteiger partial charge in [-0.1, -0.05) is 23.7 Å². The Morgan fingerprint density at radius 2 is 1.96 bits per heavy atom. The maximum Gasteiger partial charge on any atom is 1.00 e. The fourth-order valence-electron chi connectivity index (χ4n) is 3.55. The molecule has 1 aromatic carbocycles. The van der Waals surface area contributed by atoms with Crippen LogP contribution in [0.25, 0.3) is 5.52 Å². The number of carbonyl (C=O) groups excluding carboxylic acids is 1. The van der Waals surface area contributed by atoms with Gasteiger partial charge in [0, 0.05) is 30.9 Å². The molecule has 0 radical (unpaired) electrons. The zero-order valence-electron chi connectivity index (χ0n) is 14.9. The van der Waals surface area contributed by atoms with Crippen LogP contribution < -0.4 is 40.2 Å². The van der Waals surface area contributed by atoms with Crippen LogP contribution in [0.15, 0.2) is 53.5 Å². The zero-order chi connectivity index (χ0) is 18.3. The van der Waals surface area contributed by atoms with Gasteiger partial charge in [-0.3, -0.25) is 14.1 Å². The number of nitrogens with zero attached hydrogens (tertiary/aromatic N) is 2. The number of carboxylic acid groups (broad SMARTS) is 1. The Labute approximate surface area is 183 Å². The Morgan fingerprint density at radius 3 is 2.74 bits per heavy atom. The fraction of sp³-hybridized carbons (Fsp3) is 0.200. The molecule has 27 heavy (non-hydrogen) atoms. The van der Waals surface area contributed by atoms with Crippen molar-refractivity contribution >= 4 is 23.1 Å². The molecule has 7 heteroatoms. The van der Waals surface area contributed by atoms with Crippen molar-refractivity contribution in [2.45, 2.75) is 19.5 Å². The summed E-state index contributed by atoms with van der Waals surface area (Å²) in [7, 11) is 0. The normalized spacial score (nSPS) is 13.8. The summed E-state index contributed by atoms with van der Waals surface area (Å²) in [4.78, 5) is 25.9. The van der Waals surface area contributed by atoms with Crippen molar-refractivity contribution in [1.29, 1.82) is 0 Å². The number of carbonyl (C=O) groups is 1. The number of hydrogen-bond donors (Lipinski definition) is 0. The number of rotatable bonds is 3. The van der Waals surface area contributed by atoms with Crippen LogP contribution in [-0.2, 0) is 19.5 Å². The summed E-state index contributed by atoms with van der Waals surface area (Å²) >= 11 is 6.06. The Kier molecular flexibility index (Phi) is 6.08. The molecule has 0 N–H and O–H groups in total. The SMILES string of the molecule is O=C([O-])c1cc(CN2CCc3cc(Cl)ccc3C2)c2ccccn2c1=O.[Na+]. The summed E-state index contributed by atoms with van der Waals surface area (Å²) in [5.41, 5.74) is 3.10. The molecule has 0 fully saturated rings. The molecule has 3 heterocycles. The third-order valence-electron chi connectivity index (χ3n) is 4.83. The third-order valence-corrected chi connectivity index (χ3v) is 5.07. The van der Waals surface area contributed by atoms with Gasteiger partial charge in [0.2, 0.25) is 0 Å². The molecule has 5 nitrogen and oxygen atoms in total. The van der Waals surface area contributed by atoms with E-state index in [1.54, 1.807) is 12.3 Å². The van der Waals surface area contributed by atoms with Crippen LogP contribution in [0.3, 0.4) is 0 Å². The molecule has 0 amide bonds. The molecule has 3 aromatic rings. The van der Waals surface area contributed by atoms with Gasteiger partial charge in [-0.15, -0.1) is 0 Å². The first kappa shape index (κ1) is 20.1. The number of benzene rings is 1. The molecule has 1 aliphatic rings. The van der Waals surface area contributed by atoms with E-state index in [9.17, 15) is 14.7 Å². The summed E-state index contributed by atoms with van der Waals surface area (Å²) in [5, 5.41) is 12.1. The number of hydrogen-bond acceptors (Lipinski definition) is 4. The second-order valence-corrected chi connectivity index (χ2v) is 6.94. The van der Waals surface area contributed by atoms with E-state index in [1.807, 2.05) is 30.3 Å². The number of carboxylic acids is 1. The minimum atomic E-state index is -1.45. The Balaban J connectivity index is 0.00000210. The van der Waals surface area contributed by atoms with Crippen LogP contribution in [0.4, 0.5) is 0 Å². The van der Waals surface area contributed by atoms with Crippen molar-refractivity contribution in [3.63, 3.8) is 0 Å². The van der Waals surface area contributed by atoms with Crippen LogP contribution in [-0.4, -0.2) is 21.8 Å². The zero-order valence-corrected chi connectivity index (χ0v) is 17.7. The molecule has 2 aromatic heterocycles. The van der Waals surface area contributed by atoms with E-state index in [0.29, 0.717) is 12.1 Å². The maximum absolute atomic E-state index is 12.3. The van der Waals surface area contributed by atoms with E-state index in [2.05, 4.69) is 4.90 Å². The number of aromatic nitrogens is 1. The molecule has 132 valence electrons. The van der Waals surface area contributed by atoms with Crippen LogP contribution >= 0.6 is 11.6 Å². The van der Waals surface area contributed by atoms with Gasteiger partial charge in [-0.25, -0.2) is 0 Å². The van der Waals surface area contributed by atoms with Gasteiger partial charge in [-0.2, -0.15) is 0 Å². The van der Waals surface area contributed by atoms with Crippen molar-refractivity contribution in [2.75, 3.05) is 6.54 Å². The molecular weight excluding hydrogens is 375 g/mol. The van der Waals surface area contributed by atoms with E-state index in [1.165, 1.54) is 21.6 Å². The smallest absolute Gasteiger partial charge is 0.545 e. The third kappa shape index (κ3) is 3.98. The van der Waals surface area contributed by atoms with Crippen molar-refractivity contribution < 1.29 is 39.5 Å². The van der Waals surface area contributed by atoms with Crippen LogP contribution in [0.2, 0.25) is 5.02 Å². The van der Waals surface area contributed by atoms with E-state index in [-0.39, 0.29) is 35.1 Å². The first-order chi connectivity index (χ1) is 12.5. The van der Waals surface area contributed by atoms with Gasteiger partial charge in [0.05, 0.1) is 17.0 Å². The molecule has 0 bridgehead atoms. The van der Waals surface area contributed by atoms with Gasteiger partial charge < -0.3 is 9.90 Å². The topological polar surface area (TPSA) is 64.8 Å². The summed E-state index contributed by atoms with van der Waals surface area (Å²) in [6.07, 6.45) is 2.47. The van der Waals surface area contributed by atoms with Gasteiger partial charge in [-0.05, 0) is 53.4 Å². The molecule has 4 rings (SSSR count). The predicted octanol–water partition coefficient (Wildman–Crippen LogP) is -1.12. The summed E-state index contributed by atoms with van der Waals surface area (Å²) in [6.45, 7) is 2.15. The van der Waals surface area contributed by atoms with Crippen molar-refractivity contribution in [2.24, 2.45) is 0 Å². The second-order valence-electron chi connectivity index (χ2n) is 6.51. The molecular formula is C20H16ClN2NaO3. The minimum absolute atomic E-state index is 0. The molecule has 0 unspecified atom stereocenters. The first-order valence-corrected chi connectivity index (χ1v) is 8.75. The van der Waals surface area contributed by atoms with Crippen molar-refractivity contribution in [1.82, 2.24) is 9.30 Å². The predicted molar refractivity (Wildman–Crippen MR) is 97.3 cm³/mol. The number of fused-ring (bicyclic) bond motifs is 2. The fourth-order valence-corrected chi connectivity index (χ4v) is 3.75. The van der Waals surface area contributed by atoms with E-state index in [4.69, 9.17) is 11.6 Å². The largest absolute Gasteiger partial charge is 1.00 e. The molecule has 0 saturated heterocycles. The average molecular weight is 391 g/mol. The van der Waals surface area contributed by atoms with Crippen molar-refractivity contribution in [3.05, 3.63) is 86.3 Å². The number of pyridine rings is 2. The molecule has 0 aliphatic carbocycles. The quantitative estimate of drug-likeness (QED) is 0.531.